The van der Waals surface area contributed by atoms with Gasteiger partial charge in [-0.05, 0) is 24.5 Å². The van der Waals surface area contributed by atoms with E-state index in [1.54, 1.807) is 0 Å². The van der Waals surface area contributed by atoms with E-state index in [4.69, 9.17) is 10.5 Å². The van der Waals surface area contributed by atoms with E-state index in [0.717, 1.165) is 24.1 Å². The van der Waals surface area contributed by atoms with E-state index in [1.165, 1.54) is 0 Å². The van der Waals surface area contributed by atoms with Crippen LogP contribution in [0.3, 0.4) is 0 Å². The van der Waals surface area contributed by atoms with E-state index in [1.807, 2.05) is 30.3 Å². The third-order valence-electron chi connectivity index (χ3n) is 2.85. The van der Waals surface area contributed by atoms with Crippen molar-refractivity contribution in [1.29, 1.82) is 0 Å². The number of pyridine rings is 1. The van der Waals surface area contributed by atoms with Crippen LogP contribution in [0.2, 0.25) is 0 Å². The zero-order chi connectivity index (χ0) is 15.3. The van der Waals surface area contributed by atoms with Gasteiger partial charge in [0, 0.05) is 6.07 Å². The normalized spacial score (nSPS) is 11.4. The van der Waals surface area contributed by atoms with Gasteiger partial charge in [0.15, 0.2) is 0 Å². The van der Waals surface area contributed by atoms with E-state index < -0.39 is 11.7 Å². The second kappa shape index (κ2) is 6.47. The SMILES string of the molecule is Nc1cc(C(F)(F)F)cc(OCCCc2ccccc2)n1. The Labute approximate surface area is 120 Å². The fourth-order valence-corrected chi connectivity index (χ4v) is 1.86. The van der Waals surface area contributed by atoms with Gasteiger partial charge >= 0.3 is 6.18 Å². The van der Waals surface area contributed by atoms with E-state index in [2.05, 4.69) is 4.98 Å². The first-order valence-electron chi connectivity index (χ1n) is 6.46. The van der Waals surface area contributed by atoms with Gasteiger partial charge < -0.3 is 10.5 Å². The lowest BCUT2D eigenvalue weighted by Gasteiger charge is -2.10. The Hall–Kier alpha value is -2.24. The molecule has 0 amide bonds. The first-order valence-corrected chi connectivity index (χ1v) is 6.46. The highest BCUT2D eigenvalue weighted by Gasteiger charge is 2.31. The van der Waals surface area contributed by atoms with Crippen LogP contribution in [0.4, 0.5) is 19.0 Å². The maximum absolute atomic E-state index is 12.6. The highest BCUT2D eigenvalue weighted by Crippen LogP contribution is 2.32. The van der Waals surface area contributed by atoms with Gasteiger partial charge in [-0.2, -0.15) is 18.2 Å². The molecule has 1 aromatic carbocycles. The Morgan fingerprint density at radius 3 is 2.48 bits per heavy atom. The Balaban J connectivity index is 1.90. The molecule has 112 valence electrons. The molecule has 0 aliphatic rings. The van der Waals surface area contributed by atoms with Gasteiger partial charge in [0.05, 0.1) is 12.2 Å². The fraction of sp³-hybridized carbons (Fsp3) is 0.267. The van der Waals surface area contributed by atoms with Crippen LogP contribution in [0.1, 0.15) is 17.5 Å². The number of alkyl halides is 3. The predicted octanol–water partition coefficient (Wildman–Crippen LogP) is 3.69. The van der Waals surface area contributed by atoms with Crippen LogP contribution in [-0.4, -0.2) is 11.6 Å². The number of benzene rings is 1. The van der Waals surface area contributed by atoms with Crippen molar-refractivity contribution in [3.63, 3.8) is 0 Å². The minimum Gasteiger partial charge on any atom is -0.478 e. The Morgan fingerprint density at radius 2 is 1.81 bits per heavy atom. The molecule has 2 aromatic rings. The number of hydrogen-bond acceptors (Lipinski definition) is 3. The number of rotatable bonds is 5. The number of hydrogen-bond donors (Lipinski definition) is 1. The van der Waals surface area contributed by atoms with E-state index in [-0.39, 0.29) is 18.3 Å². The summed E-state index contributed by atoms with van der Waals surface area (Å²) in [7, 11) is 0. The molecule has 0 aliphatic carbocycles. The average Bonchev–Trinajstić information content (AvgIpc) is 2.43. The molecule has 1 aromatic heterocycles. The van der Waals surface area contributed by atoms with Gasteiger partial charge in [-0.1, -0.05) is 30.3 Å². The van der Waals surface area contributed by atoms with Crippen molar-refractivity contribution in [2.24, 2.45) is 0 Å². The van der Waals surface area contributed by atoms with Gasteiger partial charge in [0.1, 0.15) is 5.82 Å². The monoisotopic (exact) mass is 296 g/mol. The van der Waals surface area contributed by atoms with Crippen LogP contribution in [0.15, 0.2) is 42.5 Å². The summed E-state index contributed by atoms with van der Waals surface area (Å²) in [6.45, 7) is 0.280. The molecule has 2 N–H and O–H groups in total. The van der Waals surface area contributed by atoms with Crippen molar-refractivity contribution in [1.82, 2.24) is 4.98 Å². The predicted molar refractivity (Wildman–Crippen MR) is 73.9 cm³/mol. The van der Waals surface area contributed by atoms with Crippen molar-refractivity contribution in [2.45, 2.75) is 19.0 Å². The number of nitrogens with two attached hydrogens (primary N) is 1. The topological polar surface area (TPSA) is 48.1 Å². The minimum atomic E-state index is -4.46. The van der Waals surface area contributed by atoms with E-state index in [0.29, 0.717) is 6.42 Å². The summed E-state index contributed by atoms with van der Waals surface area (Å²) in [4.78, 5) is 3.75. The average molecular weight is 296 g/mol. The van der Waals surface area contributed by atoms with Gasteiger partial charge in [0.25, 0.3) is 0 Å². The number of aromatic nitrogens is 1. The zero-order valence-corrected chi connectivity index (χ0v) is 11.2. The van der Waals surface area contributed by atoms with Gasteiger partial charge in [-0.3, -0.25) is 0 Å². The van der Waals surface area contributed by atoms with Crippen LogP contribution < -0.4 is 10.5 Å². The lowest BCUT2D eigenvalue weighted by atomic mass is 10.1. The standard InChI is InChI=1S/C15H15F3N2O/c16-15(17,18)12-9-13(19)20-14(10-12)21-8-4-7-11-5-2-1-3-6-11/h1-3,5-6,9-10H,4,7-8H2,(H2,19,20). The molecule has 0 spiro atoms. The first-order chi connectivity index (χ1) is 9.95. The maximum Gasteiger partial charge on any atom is 0.416 e. The Bertz CT molecular complexity index is 585. The molecule has 0 bridgehead atoms. The van der Waals surface area contributed by atoms with Crippen LogP contribution in [-0.2, 0) is 12.6 Å². The smallest absolute Gasteiger partial charge is 0.416 e. The van der Waals surface area contributed by atoms with Crippen molar-refractivity contribution in [3.05, 3.63) is 53.6 Å². The summed E-state index contributed by atoms with van der Waals surface area (Å²) in [6.07, 6.45) is -2.99. The molecule has 0 fully saturated rings. The van der Waals surface area contributed by atoms with Crippen LogP contribution in [0.5, 0.6) is 5.88 Å². The molecule has 0 atom stereocenters. The number of halogens is 3. The van der Waals surface area contributed by atoms with Crippen molar-refractivity contribution >= 4 is 5.82 Å². The quantitative estimate of drug-likeness (QED) is 0.856. The maximum atomic E-state index is 12.6. The molecule has 1 heterocycles. The number of aryl methyl sites for hydroxylation is 1. The first kappa shape index (κ1) is 15.2. The van der Waals surface area contributed by atoms with Gasteiger partial charge in [0.2, 0.25) is 5.88 Å². The summed E-state index contributed by atoms with van der Waals surface area (Å²) < 4.78 is 43.1. The van der Waals surface area contributed by atoms with Crippen molar-refractivity contribution in [2.75, 3.05) is 12.3 Å². The van der Waals surface area contributed by atoms with Crippen molar-refractivity contribution in [3.8, 4) is 5.88 Å². The second-order valence-corrected chi connectivity index (χ2v) is 4.55. The lowest BCUT2D eigenvalue weighted by molar-refractivity contribution is -0.137. The molecular weight excluding hydrogens is 281 g/mol. The number of nitrogen functional groups attached to an aromatic ring is 1. The van der Waals surface area contributed by atoms with Crippen LogP contribution in [0.25, 0.3) is 0 Å². The minimum absolute atomic E-state index is 0.101. The molecule has 0 aliphatic heterocycles. The molecular formula is C15H15F3N2O. The molecule has 0 saturated heterocycles. The number of ether oxygens (including phenoxy) is 1. The zero-order valence-electron chi connectivity index (χ0n) is 11.2. The summed E-state index contributed by atoms with van der Waals surface area (Å²) in [5.74, 6) is -0.307. The summed E-state index contributed by atoms with van der Waals surface area (Å²) in [5, 5.41) is 0. The Morgan fingerprint density at radius 1 is 1.10 bits per heavy atom. The summed E-state index contributed by atoms with van der Waals surface area (Å²) >= 11 is 0. The third-order valence-corrected chi connectivity index (χ3v) is 2.85. The number of anilines is 1. The molecule has 3 nitrogen and oxygen atoms in total. The van der Waals surface area contributed by atoms with E-state index in [9.17, 15) is 13.2 Å². The largest absolute Gasteiger partial charge is 0.478 e. The third kappa shape index (κ3) is 4.66. The molecule has 0 saturated carbocycles. The highest BCUT2D eigenvalue weighted by atomic mass is 19.4. The van der Waals surface area contributed by atoms with Gasteiger partial charge in [-0.15, -0.1) is 0 Å². The molecule has 2 rings (SSSR count). The van der Waals surface area contributed by atoms with Crippen LogP contribution in [0, 0.1) is 0 Å². The summed E-state index contributed by atoms with van der Waals surface area (Å²) in [6, 6.07) is 11.4. The molecule has 0 radical (unpaired) electrons. The Kier molecular flexibility index (Phi) is 4.67. The van der Waals surface area contributed by atoms with Crippen molar-refractivity contribution < 1.29 is 17.9 Å². The van der Waals surface area contributed by atoms with Crippen LogP contribution >= 0.6 is 0 Å². The highest BCUT2D eigenvalue weighted by molar-refractivity contribution is 5.38. The second-order valence-electron chi connectivity index (χ2n) is 4.55. The molecule has 0 unspecified atom stereocenters. The molecule has 6 heteroatoms. The number of nitrogens with zero attached hydrogens (tertiary/aromatic N) is 1. The lowest BCUT2D eigenvalue weighted by Crippen LogP contribution is -2.09. The fourth-order valence-electron chi connectivity index (χ4n) is 1.86. The summed E-state index contributed by atoms with van der Waals surface area (Å²) in [5.41, 5.74) is 5.66. The molecule has 21 heavy (non-hydrogen) atoms. The van der Waals surface area contributed by atoms with E-state index >= 15 is 0 Å². The van der Waals surface area contributed by atoms with Gasteiger partial charge in [-0.25, -0.2) is 0 Å².